The number of Topliss-reactive ketones (excluding diaryl/α,β-unsaturated/α-hetero) is 1. The van der Waals surface area contributed by atoms with E-state index >= 15 is 0 Å². The van der Waals surface area contributed by atoms with Gasteiger partial charge in [-0.1, -0.05) is 0 Å². The molecule has 0 aliphatic carbocycles. The summed E-state index contributed by atoms with van der Waals surface area (Å²) < 4.78 is 23.7. The highest BCUT2D eigenvalue weighted by Crippen LogP contribution is 2.14. The Labute approximate surface area is 102 Å². The number of sulfone groups is 1. The van der Waals surface area contributed by atoms with Crippen LogP contribution in [0.1, 0.15) is 35.1 Å². The molecule has 6 heteroatoms. The number of hydrogen-bond acceptors (Lipinski definition) is 4. The van der Waals surface area contributed by atoms with Gasteiger partial charge < -0.3 is 0 Å². The summed E-state index contributed by atoms with van der Waals surface area (Å²) in [7, 11) is -2.93. The van der Waals surface area contributed by atoms with Crippen molar-refractivity contribution < 1.29 is 13.2 Å². The summed E-state index contributed by atoms with van der Waals surface area (Å²) in [4.78, 5) is 11.4. The van der Waals surface area contributed by atoms with Gasteiger partial charge in [-0.05, 0) is 27.2 Å². The van der Waals surface area contributed by atoms with E-state index < -0.39 is 9.84 Å². The Morgan fingerprint density at radius 3 is 2.35 bits per heavy atom. The zero-order chi connectivity index (χ0) is 13.2. The maximum atomic E-state index is 11.4. The second-order valence-electron chi connectivity index (χ2n) is 4.31. The Morgan fingerprint density at radius 2 is 1.94 bits per heavy atom. The van der Waals surface area contributed by atoms with Crippen molar-refractivity contribution in [3.8, 4) is 0 Å². The van der Waals surface area contributed by atoms with Gasteiger partial charge in [0.05, 0.1) is 17.0 Å². The lowest BCUT2D eigenvalue weighted by Gasteiger charge is -2.03. The molecule has 1 heterocycles. The number of aryl methyl sites for hydroxylation is 2. The van der Waals surface area contributed by atoms with E-state index in [1.165, 1.54) is 13.2 Å². The predicted molar refractivity (Wildman–Crippen MR) is 66.0 cm³/mol. The normalized spacial score (nSPS) is 11.8. The monoisotopic (exact) mass is 258 g/mol. The minimum atomic E-state index is -2.93. The Morgan fingerprint density at radius 1 is 1.35 bits per heavy atom. The number of aromatic nitrogens is 2. The number of hydrogen-bond donors (Lipinski definition) is 0. The van der Waals surface area contributed by atoms with Crippen molar-refractivity contribution in [2.24, 2.45) is 0 Å². The molecule has 0 fully saturated rings. The van der Waals surface area contributed by atoms with Crippen molar-refractivity contribution in [3.05, 3.63) is 17.0 Å². The number of carbonyl (C=O) groups is 1. The van der Waals surface area contributed by atoms with E-state index in [1.54, 1.807) is 11.6 Å². The van der Waals surface area contributed by atoms with E-state index in [2.05, 4.69) is 5.10 Å². The zero-order valence-corrected chi connectivity index (χ0v) is 11.5. The lowest BCUT2D eigenvalue weighted by Crippen LogP contribution is -2.09. The molecule has 0 atom stereocenters. The fourth-order valence-electron chi connectivity index (χ4n) is 1.90. The van der Waals surface area contributed by atoms with Crippen LogP contribution in [-0.4, -0.2) is 36.0 Å². The Kier molecular flexibility index (Phi) is 4.08. The van der Waals surface area contributed by atoms with Gasteiger partial charge in [0.25, 0.3) is 0 Å². The third-order valence-electron chi connectivity index (χ3n) is 2.62. The fourth-order valence-corrected chi connectivity index (χ4v) is 2.55. The predicted octanol–water partition coefficient (Wildman–Crippen LogP) is 1.14. The highest BCUT2D eigenvalue weighted by atomic mass is 32.2. The van der Waals surface area contributed by atoms with Crippen LogP contribution < -0.4 is 0 Å². The molecular formula is C11H18N2O3S. The molecule has 0 saturated carbocycles. The molecule has 96 valence electrons. The van der Waals surface area contributed by atoms with Crippen LogP contribution in [0.4, 0.5) is 0 Å². The number of nitrogens with zero attached hydrogens (tertiary/aromatic N) is 2. The first-order valence-electron chi connectivity index (χ1n) is 5.45. The summed E-state index contributed by atoms with van der Waals surface area (Å²) >= 11 is 0. The Balaban J connectivity index is 2.80. The number of rotatable bonds is 5. The van der Waals surface area contributed by atoms with Crippen molar-refractivity contribution in [1.29, 1.82) is 0 Å². The minimum Gasteiger partial charge on any atom is -0.294 e. The van der Waals surface area contributed by atoms with E-state index in [0.717, 1.165) is 5.69 Å². The Hall–Kier alpha value is -1.17. The van der Waals surface area contributed by atoms with Crippen LogP contribution in [0.5, 0.6) is 0 Å². The van der Waals surface area contributed by atoms with Crippen molar-refractivity contribution >= 4 is 15.6 Å². The molecule has 0 aromatic carbocycles. The number of ketones is 1. The van der Waals surface area contributed by atoms with Crippen LogP contribution in [0.3, 0.4) is 0 Å². The molecule has 0 unspecified atom stereocenters. The first-order valence-corrected chi connectivity index (χ1v) is 7.51. The summed E-state index contributed by atoms with van der Waals surface area (Å²) in [5, 5.41) is 4.25. The average molecular weight is 258 g/mol. The smallest absolute Gasteiger partial charge is 0.163 e. The summed E-state index contributed by atoms with van der Waals surface area (Å²) in [6.45, 7) is 5.65. The van der Waals surface area contributed by atoms with Gasteiger partial charge in [0.1, 0.15) is 9.84 Å². The standard InChI is InChI=1S/C11H18N2O3S/c1-8-11(10(3)14)9(2)13(12-8)6-5-7-17(4,15)16/h5-7H2,1-4H3. The molecule has 0 radical (unpaired) electrons. The van der Waals surface area contributed by atoms with E-state index in [0.29, 0.717) is 24.2 Å². The maximum absolute atomic E-state index is 11.4. The SMILES string of the molecule is CC(=O)c1c(C)nn(CCCS(C)(=O)=O)c1C. The molecule has 1 aromatic heterocycles. The largest absolute Gasteiger partial charge is 0.294 e. The molecule has 0 amide bonds. The zero-order valence-electron chi connectivity index (χ0n) is 10.6. The third-order valence-corrected chi connectivity index (χ3v) is 3.65. The van der Waals surface area contributed by atoms with Crippen molar-refractivity contribution in [2.75, 3.05) is 12.0 Å². The summed E-state index contributed by atoms with van der Waals surface area (Å²) in [6, 6.07) is 0. The Bertz CT molecular complexity index is 529. The van der Waals surface area contributed by atoms with E-state index in [4.69, 9.17) is 0 Å². The van der Waals surface area contributed by atoms with E-state index in [9.17, 15) is 13.2 Å². The lowest BCUT2D eigenvalue weighted by atomic mass is 10.1. The maximum Gasteiger partial charge on any atom is 0.163 e. The van der Waals surface area contributed by atoms with E-state index in [1.807, 2.05) is 6.92 Å². The highest BCUT2D eigenvalue weighted by molar-refractivity contribution is 7.90. The van der Waals surface area contributed by atoms with Crippen LogP contribution in [-0.2, 0) is 16.4 Å². The van der Waals surface area contributed by atoms with Gasteiger partial charge in [-0.15, -0.1) is 0 Å². The molecule has 0 N–H and O–H groups in total. The first-order chi connectivity index (χ1) is 7.72. The lowest BCUT2D eigenvalue weighted by molar-refractivity contribution is 0.101. The first kappa shape index (κ1) is 13.9. The van der Waals surface area contributed by atoms with Crippen molar-refractivity contribution in [1.82, 2.24) is 9.78 Å². The fraction of sp³-hybridized carbons (Fsp3) is 0.636. The molecule has 0 aliphatic heterocycles. The van der Waals surface area contributed by atoms with Gasteiger partial charge in [-0.2, -0.15) is 5.10 Å². The minimum absolute atomic E-state index is 0.00522. The molecular weight excluding hydrogens is 240 g/mol. The summed E-state index contributed by atoms with van der Waals surface area (Å²) in [6.07, 6.45) is 1.73. The molecule has 1 rings (SSSR count). The third kappa shape index (κ3) is 3.66. The van der Waals surface area contributed by atoms with Gasteiger partial charge in [0.15, 0.2) is 5.78 Å². The average Bonchev–Trinajstić information content (AvgIpc) is 2.39. The highest BCUT2D eigenvalue weighted by Gasteiger charge is 2.15. The van der Waals surface area contributed by atoms with Crippen LogP contribution in [0.15, 0.2) is 0 Å². The van der Waals surface area contributed by atoms with Crippen molar-refractivity contribution in [2.45, 2.75) is 33.7 Å². The second-order valence-corrected chi connectivity index (χ2v) is 6.57. The van der Waals surface area contributed by atoms with Gasteiger partial charge in [0, 0.05) is 18.5 Å². The topological polar surface area (TPSA) is 69.0 Å². The van der Waals surface area contributed by atoms with Crippen LogP contribution in [0, 0.1) is 13.8 Å². The molecule has 0 saturated heterocycles. The van der Waals surface area contributed by atoms with Crippen molar-refractivity contribution in [3.63, 3.8) is 0 Å². The van der Waals surface area contributed by atoms with Gasteiger partial charge in [-0.3, -0.25) is 9.48 Å². The van der Waals surface area contributed by atoms with Gasteiger partial charge >= 0.3 is 0 Å². The molecule has 5 nitrogen and oxygen atoms in total. The molecule has 0 aliphatic rings. The van der Waals surface area contributed by atoms with Crippen LogP contribution >= 0.6 is 0 Å². The quantitative estimate of drug-likeness (QED) is 0.743. The van der Waals surface area contributed by atoms with E-state index in [-0.39, 0.29) is 11.5 Å². The molecule has 17 heavy (non-hydrogen) atoms. The summed E-state index contributed by atoms with van der Waals surface area (Å²) in [5.74, 6) is 0.134. The van der Waals surface area contributed by atoms with Crippen LogP contribution in [0.2, 0.25) is 0 Å². The second kappa shape index (κ2) is 5.00. The number of carbonyl (C=O) groups excluding carboxylic acids is 1. The molecule has 0 bridgehead atoms. The molecule has 0 spiro atoms. The molecule has 1 aromatic rings. The summed E-state index contributed by atoms with van der Waals surface area (Å²) in [5.41, 5.74) is 2.15. The van der Waals surface area contributed by atoms with Gasteiger partial charge in [0.2, 0.25) is 0 Å². The van der Waals surface area contributed by atoms with Gasteiger partial charge in [-0.25, -0.2) is 8.42 Å². The van der Waals surface area contributed by atoms with Crippen LogP contribution in [0.25, 0.3) is 0 Å².